The highest BCUT2D eigenvalue weighted by Gasteiger charge is 2.36. The molecule has 0 saturated carbocycles. The van der Waals surface area contributed by atoms with Crippen LogP contribution in [-0.2, 0) is 15.2 Å². The lowest BCUT2D eigenvalue weighted by Crippen LogP contribution is -2.44. The first kappa shape index (κ1) is 19.0. The van der Waals surface area contributed by atoms with Gasteiger partial charge in [-0.3, -0.25) is 9.59 Å². The molecule has 1 atom stereocenters. The Bertz CT molecular complexity index is 966. The number of amides is 2. The van der Waals surface area contributed by atoms with Gasteiger partial charge in [0.05, 0.1) is 12.8 Å². The maximum Gasteiger partial charge on any atom is 0.313 e. The van der Waals surface area contributed by atoms with Gasteiger partial charge in [0.2, 0.25) is 0 Å². The third-order valence-corrected chi connectivity index (χ3v) is 5.39. The Morgan fingerprint density at radius 2 is 1.90 bits per heavy atom. The van der Waals surface area contributed by atoms with Gasteiger partial charge in [-0.05, 0) is 35.7 Å². The fourth-order valence-electron chi connectivity index (χ4n) is 2.92. The van der Waals surface area contributed by atoms with Gasteiger partial charge < -0.3 is 29.6 Å². The van der Waals surface area contributed by atoms with Gasteiger partial charge in [-0.1, -0.05) is 6.07 Å². The van der Waals surface area contributed by atoms with Crippen LogP contribution in [0.15, 0.2) is 58.5 Å². The van der Waals surface area contributed by atoms with Gasteiger partial charge in [-0.25, -0.2) is 0 Å². The number of thiophene rings is 1. The molecule has 2 amide bonds. The minimum Gasteiger partial charge on any atom is -0.486 e. The monoisotopic (exact) mass is 414 g/mol. The number of carbonyl (C=O) groups excluding carboxylic acids is 2. The number of rotatable bonds is 5. The zero-order valence-corrected chi connectivity index (χ0v) is 16.0. The van der Waals surface area contributed by atoms with Crippen molar-refractivity contribution < 1.29 is 28.6 Å². The van der Waals surface area contributed by atoms with Crippen LogP contribution in [0.1, 0.15) is 10.6 Å². The van der Waals surface area contributed by atoms with Crippen LogP contribution in [0.3, 0.4) is 0 Å². The molecule has 150 valence electrons. The van der Waals surface area contributed by atoms with Crippen LogP contribution in [0.4, 0.5) is 5.69 Å². The minimum atomic E-state index is -1.58. The number of hydrogen-bond acceptors (Lipinski definition) is 7. The first-order valence-corrected chi connectivity index (χ1v) is 9.73. The molecule has 1 aromatic carbocycles. The number of benzene rings is 1. The lowest BCUT2D eigenvalue weighted by Gasteiger charge is -2.25. The summed E-state index contributed by atoms with van der Waals surface area (Å²) in [7, 11) is 0. The standard InChI is InChI=1S/C20H18N2O6S/c23-18(19(24)22-13-5-6-14-15(11-13)27-9-8-26-14)21-12-20(25,16-3-1-7-28-16)17-4-2-10-29-17/h1-7,10-11,25H,8-9,12H2,(H,21,23)(H,22,24)/t20-/m0/s1. The maximum absolute atomic E-state index is 12.3. The third kappa shape index (κ3) is 3.96. The number of furan rings is 1. The molecule has 1 aliphatic rings. The second kappa shape index (κ2) is 7.98. The number of fused-ring (bicyclic) bond motifs is 1. The highest BCUT2D eigenvalue weighted by atomic mass is 32.1. The molecule has 4 rings (SSSR count). The molecule has 1 aliphatic heterocycles. The zero-order chi connectivity index (χ0) is 20.3. The summed E-state index contributed by atoms with van der Waals surface area (Å²) in [6.45, 7) is 0.650. The maximum atomic E-state index is 12.3. The summed E-state index contributed by atoms with van der Waals surface area (Å²) in [6.07, 6.45) is 1.43. The van der Waals surface area contributed by atoms with E-state index in [0.717, 1.165) is 0 Å². The highest BCUT2D eigenvalue weighted by molar-refractivity contribution is 7.10. The molecule has 3 aromatic rings. The Kier molecular flexibility index (Phi) is 5.24. The van der Waals surface area contributed by atoms with Crippen LogP contribution in [0, 0.1) is 0 Å². The molecule has 3 heterocycles. The van der Waals surface area contributed by atoms with Crippen molar-refractivity contribution >= 4 is 28.8 Å². The Morgan fingerprint density at radius 1 is 1.07 bits per heavy atom. The van der Waals surface area contributed by atoms with Gasteiger partial charge in [-0.15, -0.1) is 11.3 Å². The first-order valence-electron chi connectivity index (χ1n) is 8.85. The Balaban J connectivity index is 1.42. The van der Waals surface area contributed by atoms with Gasteiger partial charge >= 0.3 is 11.8 Å². The van der Waals surface area contributed by atoms with E-state index < -0.39 is 17.4 Å². The molecule has 8 nitrogen and oxygen atoms in total. The van der Waals surface area contributed by atoms with Crippen molar-refractivity contribution in [1.29, 1.82) is 0 Å². The average molecular weight is 414 g/mol. The van der Waals surface area contributed by atoms with Crippen molar-refractivity contribution in [1.82, 2.24) is 5.32 Å². The summed E-state index contributed by atoms with van der Waals surface area (Å²) in [5.74, 6) is -0.402. The van der Waals surface area contributed by atoms with Crippen LogP contribution in [0.25, 0.3) is 0 Å². The Labute approximate surface area is 170 Å². The van der Waals surface area contributed by atoms with E-state index in [0.29, 0.717) is 35.3 Å². The normalized spacial score (nSPS) is 14.7. The summed E-state index contributed by atoms with van der Waals surface area (Å²) in [6, 6.07) is 11.6. The topological polar surface area (TPSA) is 110 Å². The average Bonchev–Trinajstić information content (AvgIpc) is 3.46. The fraction of sp³-hybridized carbons (Fsp3) is 0.200. The summed E-state index contributed by atoms with van der Waals surface area (Å²) >= 11 is 1.32. The Hall–Kier alpha value is -3.30. The van der Waals surface area contributed by atoms with E-state index in [4.69, 9.17) is 13.9 Å². The van der Waals surface area contributed by atoms with Crippen LogP contribution >= 0.6 is 11.3 Å². The van der Waals surface area contributed by atoms with Crippen molar-refractivity contribution in [2.45, 2.75) is 5.60 Å². The molecule has 29 heavy (non-hydrogen) atoms. The smallest absolute Gasteiger partial charge is 0.313 e. The van der Waals surface area contributed by atoms with Crippen LogP contribution < -0.4 is 20.1 Å². The van der Waals surface area contributed by atoms with Crippen LogP contribution in [-0.4, -0.2) is 36.7 Å². The zero-order valence-electron chi connectivity index (χ0n) is 15.2. The molecule has 0 saturated heterocycles. The number of anilines is 1. The van der Waals surface area contributed by atoms with Crippen molar-refractivity contribution in [3.05, 3.63) is 64.7 Å². The van der Waals surface area contributed by atoms with Crippen molar-refractivity contribution in [3.63, 3.8) is 0 Å². The van der Waals surface area contributed by atoms with Gasteiger partial charge in [-0.2, -0.15) is 0 Å². The fourth-order valence-corrected chi connectivity index (χ4v) is 3.75. The lowest BCUT2D eigenvalue weighted by molar-refractivity contribution is -0.136. The molecular weight excluding hydrogens is 396 g/mol. The number of nitrogens with one attached hydrogen (secondary N) is 2. The van der Waals surface area contributed by atoms with E-state index in [1.165, 1.54) is 17.6 Å². The van der Waals surface area contributed by atoms with Gasteiger partial charge in [0, 0.05) is 16.6 Å². The number of aliphatic hydroxyl groups is 1. The molecule has 2 aromatic heterocycles. The summed E-state index contributed by atoms with van der Waals surface area (Å²) in [4.78, 5) is 25.2. The highest BCUT2D eigenvalue weighted by Crippen LogP contribution is 2.33. The molecule has 0 aliphatic carbocycles. The second-order valence-electron chi connectivity index (χ2n) is 6.31. The third-order valence-electron chi connectivity index (χ3n) is 4.37. The van der Waals surface area contributed by atoms with E-state index in [-0.39, 0.29) is 12.3 Å². The first-order chi connectivity index (χ1) is 14.1. The Morgan fingerprint density at radius 3 is 2.62 bits per heavy atom. The largest absolute Gasteiger partial charge is 0.486 e. The molecule has 0 spiro atoms. The van der Waals surface area contributed by atoms with Gasteiger partial charge in [0.1, 0.15) is 19.0 Å². The number of carbonyl (C=O) groups is 2. The number of hydrogen-bond donors (Lipinski definition) is 3. The number of ether oxygens (including phenoxy) is 2. The second-order valence-corrected chi connectivity index (χ2v) is 7.26. The molecule has 0 fully saturated rings. The summed E-state index contributed by atoms with van der Waals surface area (Å²) in [5.41, 5.74) is -1.18. The lowest BCUT2D eigenvalue weighted by atomic mass is 9.98. The molecule has 3 N–H and O–H groups in total. The molecule has 0 radical (unpaired) electrons. The summed E-state index contributed by atoms with van der Waals surface area (Å²) < 4.78 is 16.2. The summed E-state index contributed by atoms with van der Waals surface area (Å²) in [5, 5.41) is 17.9. The van der Waals surface area contributed by atoms with Crippen molar-refractivity contribution in [2.75, 3.05) is 25.1 Å². The molecule has 0 unspecified atom stereocenters. The van der Waals surface area contributed by atoms with Crippen LogP contribution in [0.2, 0.25) is 0 Å². The van der Waals surface area contributed by atoms with E-state index >= 15 is 0 Å². The van der Waals surface area contributed by atoms with E-state index in [1.807, 2.05) is 0 Å². The van der Waals surface area contributed by atoms with E-state index in [9.17, 15) is 14.7 Å². The van der Waals surface area contributed by atoms with Gasteiger partial charge in [0.15, 0.2) is 17.1 Å². The van der Waals surface area contributed by atoms with E-state index in [1.54, 1.807) is 47.8 Å². The minimum absolute atomic E-state index is 0.228. The predicted octanol–water partition coefficient (Wildman–Crippen LogP) is 2.10. The van der Waals surface area contributed by atoms with Crippen LogP contribution in [0.5, 0.6) is 11.5 Å². The predicted molar refractivity (Wildman–Crippen MR) is 105 cm³/mol. The van der Waals surface area contributed by atoms with E-state index in [2.05, 4.69) is 10.6 Å². The molecule has 0 bridgehead atoms. The van der Waals surface area contributed by atoms with Crippen molar-refractivity contribution in [3.8, 4) is 11.5 Å². The SMILES string of the molecule is O=C(NC[C@](O)(c1ccco1)c1cccs1)C(=O)Nc1ccc2c(c1)OCCO2. The molecular formula is C20H18N2O6S. The van der Waals surface area contributed by atoms with Crippen molar-refractivity contribution in [2.24, 2.45) is 0 Å². The van der Waals surface area contributed by atoms with Gasteiger partial charge in [0.25, 0.3) is 0 Å². The molecule has 9 heteroatoms. The quantitative estimate of drug-likeness (QED) is 0.552.